The molecule has 0 radical (unpaired) electrons. The van der Waals surface area contributed by atoms with E-state index in [9.17, 15) is 14.7 Å². The number of hydrogen-bond acceptors (Lipinski definition) is 3. The Morgan fingerprint density at radius 1 is 1.46 bits per heavy atom. The zero-order valence-corrected chi connectivity index (χ0v) is 14.1. The van der Waals surface area contributed by atoms with Gasteiger partial charge in [0.25, 0.3) is 0 Å². The zero-order valence-electron chi connectivity index (χ0n) is 14.1. The Bertz CT molecular complexity index is 708. The fourth-order valence-corrected chi connectivity index (χ4v) is 5.87. The van der Waals surface area contributed by atoms with Crippen molar-refractivity contribution in [2.45, 2.75) is 38.4 Å². The van der Waals surface area contributed by atoms with Gasteiger partial charge in [0.2, 0.25) is 5.91 Å². The van der Waals surface area contributed by atoms with Crippen molar-refractivity contribution in [3.63, 3.8) is 0 Å². The molecule has 6 atom stereocenters. The second kappa shape index (κ2) is 4.31. The Hall–Kier alpha value is -1.62. The smallest absolute Gasteiger partial charge is 0.310 e. The lowest BCUT2D eigenvalue weighted by atomic mass is 9.49. The molecule has 1 spiro atoms. The van der Waals surface area contributed by atoms with Crippen molar-refractivity contribution in [2.24, 2.45) is 29.1 Å². The van der Waals surface area contributed by atoms with Gasteiger partial charge in [-0.3, -0.25) is 9.59 Å². The molecule has 2 saturated heterocycles. The first-order valence-corrected chi connectivity index (χ1v) is 8.91. The van der Waals surface area contributed by atoms with Gasteiger partial charge in [-0.05, 0) is 30.1 Å². The van der Waals surface area contributed by atoms with Gasteiger partial charge >= 0.3 is 5.97 Å². The van der Waals surface area contributed by atoms with E-state index in [2.05, 4.69) is 19.9 Å². The molecule has 1 amide bonds. The van der Waals surface area contributed by atoms with Crippen LogP contribution in [0.5, 0.6) is 0 Å². The van der Waals surface area contributed by atoms with E-state index >= 15 is 0 Å². The van der Waals surface area contributed by atoms with E-state index in [1.807, 2.05) is 17.1 Å². The van der Waals surface area contributed by atoms with Crippen LogP contribution in [0.25, 0.3) is 0 Å². The molecule has 3 aliphatic carbocycles. The van der Waals surface area contributed by atoms with Crippen LogP contribution in [0, 0.1) is 29.1 Å². The molecular formula is C19H23NO4. The molecule has 3 aliphatic heterocycles. The van der Waals surface area contributed by atoms with Crippen LogP contribution in [0.15, 0.2) is 23.8 Å². The molecular weight excluding hydrogens is 306 g/mol. The molecule has 128 valence electrons. The van der Waals surface area contributed by atoms with Gasteiger partial charge in [0.05, 0.1) is 18.6 Å². The summed E-state index contributed by atoms with van der Waals surface area (Å²) in [6.07, 6.45) is 7.95. The van der Waals surface area contributed by atoms with Crippen LogP contribution in [0.2, 0.25) is 0 Å². The highest BCUT2D eigenvalue weighted by molar-refractivity contribution is 5.90. The summed E-state index contributed by atoms with van der Waals surface area (Å²) < 4.78 is 5.95. The van der Waals surface area contributed by atoms with E-state index in [0.29, 0.717) is 24.4 Å². The summed E-state index contributed by atoms with van der Waals surface area (Å²) in [7, 11) is 0. The Morgan fingerprint density at radius 3 is 2.92 bits per heavy atom. The zero-order chi connectivity index (χ0) is 16.9. The lowest BCUT2D eigenvalue weighted by Crippen LogP contribution is -2.50. The first kappa shape index (κ1) is 14.7. The van der Waals surface area contributed by atoms with E-state index < -0.39 is 29.5 Å². The number of amides is 1. The third kappa shape index (κ3) is 1.59. The normalized spacial score (nSPS) is 46.8. The van der Waals surface area contributed by atoms with Gasteiger partial charge in [-0.25, -0.2) is 0 Å². The van der Waals surface area contributed by atoms with Gasteiger partial charge in [0.1, 0.15) is 11.5 Å². The van der Waals surface area contributed by atoms with E-state index in [0.717, 1.165) is 12.3 Å². The Morgan fingerprint density at radius 2 is 2.25 bits per heavy atom. The predicted octanol–water partition coefficient (Wildman–Crippen LogP) is 1.85. The minimum Gasteiger partial charge on any atom is -0.481 e. The molecule has 0 aromatic carbocycles. The summed E-state index contributed by atoms with van der Waals surface area (Å²) in [6, 6.07) is 0. The number of fused-ring (bicyclic) bond motifs is 2. The van der Waals surface area contributed by atoms with Crippen molar-refractivity contribution in [1.82, 2.24) is 4.90 Å². The van der Waals surface area contributed by atoms with Gasteiger partial charge in [-0.1, -0.05) is 37.6 Å². The molecule has 6 unspecified atom stereocenters. The van der Waals surface area contributed by atoms with Crippen molar-refractivity contribution >= 4 is 11.9 Å². The number of nitrogens with zero attached hydrogens (tertiary/aromatic N) is 1. The van der Waals surface area contributed by atoms with Crippen LogP contribution in [0.1, 0.15) is 26.7 Å². The first-order valence-electron chi connectivity index (χ1n) is 8.91. The minimum absolute atomic E-state index is 0.0468. The number of aliphatic carboxylic acids is 1. The molecule has 1 N–H and O–H groups in total. The molecule has 0 aromatic rings. The standard InChI is InChI=1S/C19H23NO4/c1-18(2)11-4-3-10(12(18)7-11)8-20-9-19-6-5-13(24-19)14(17(22)23)15(19)16(20)21/h3,5-6,11-15H,4,7-9H2,1-2H3,(H,22,23). The van der Waals surface area contributed by atoms with Crippen LogP contribution in [-0.4, -0.2) is 46.7 Å². The van der Waals surface area contributed by atoms with Crippen molar-refractivity contribution in [3.8, 4) is 0 Å². The summed E-state index contributed by atoms with van der Waals surface area (Å²) in [5, 5.41) is 9.53. The summed E-state index contributed by atoms with van der Waals surface area (Å²) in [5.41, 5.74) is 0.981. The molecule has 5 heteroatoms. The third-order valence-corrected chi connectivity index (χ3v) is 7.42. The number of likely N-dealkylation sites (tertiary alicyclic amines) is 1. The van der Waals surface area contributed by atoms with E-state index in [-0.39, 0.29) is 5.91 Å². The van der Waals surface area contributed by atoms with E-state index in [4.69, 9.17) is 4.74 Å². The lowest BCUT2D eigenvalue weighted by Gasteiger charge is -2.56. The maximum atomic E-state index is 13.0. The van der Waals surface area contributed by atoms with Gasteiger partial charge in [0.15, 0.2) is 0 Å². The summed E-state index contributed by atoms with van der Waals surface area (Å²) in [6.45, 7) is 5.77. The summed E-state index contributed by atoms with van der Waals surface area (Å²) in [5.74, 6) is -0.934. The van der Waals surface area contributed by atoms with Gasteiger partial charge < -0.3 is 14.7 Å². The Labute approximate surface area is 141 Å². The quantitative estimate of drug-likeness (QED) is 0.803. The highest BCUT2D eigenvalue weighted by atomic mass is 16.5. The maximum Gasteiger partial charge on any atom is 0.310 e. The van der Waals surface area contributed by atoms with Gasteiger partial charge in [-0.15, -0.1) is 0 Å². The van der Waals surface area contributed by atoms with Crippen molar-refractivity contribution < 1.29 is 19.4 Å². The number of carboxylic acid groups (broad SMARTS) is 1. The van der Waals surface area contributed by atoms with Crippen molar-refractivity contribution in [1.29, 1.82) is 0 Å². The van der Waals surface area contributed by atoms with Gasteiger partial charge in [0, 0.05) is 6.54 Å². The van der Waals surface area contributed by atoms with Gasteiger partial charge in [-0.2, -0.15) is 0 Å². The molecule has 5 nitrogen and oxygen atoms in total. The molecule has 0 aromatic heterocycles. The average molecular weight is 329 g/mol. The second-order valence-electron chi connectivity index (χ2n) is 8.75. The first-order chi connectivity index (χ1) is 11.3. The Kier molecular flexibility index (Phi) is 2.64. The minimum atomic E-state index is -0.925. The van der Waals surface area contributed by atoms with Crippen LogP contribution in [0.3, 0.4) is 0 Å². The SMILES string of the molecule is CC1(C)C2CC=C(CN3CC45C=CC(O4)C(C(=O)O)C5C3=O)C1C2. The van der Waals surface area contributed by atoms with E-state index in [1.165, 1.54) is 12.0 Å². The number of carbonyl (C=O) groups is 2. The fraction of sp³-hybridized carbons (Fsp3) is 0.684. The number of hydrogen-bond donors (Lipinski definition) is 1. The van der Waals surface area contributed by atoms with E-state index in [1.54, 1.807) is 0 Å². The Balaban J connectivity index is 1.40. The van der Waals surface area contributed by atoms with Crippen LogP contribution < -0.4 is 0 Å². The number of rotatable bonds is 3. The maximum absolute atomic E-state index is 13.0. The van der Waals surface area contributed by atoms with Crippen LogP contribution in [0.4, 0.5) is 0 Å². The molecule has 6 aliphatic rings. The third-order valence-electron chi connectivity index (χ3n) is 7.42. The molecule has 3 fully saturated rings. The van der Waals surface area contributed by atoms with Crippen LogP contribution >= 0.6 is 0 Å². The highest BCUT2D eigenvalue weighted by Crippen LogP contribution is 2.60. The molecule has 4 bridgehead atoms. The number of ether oxygens (including phenoxy) is 1. The monoisotopic (exact) mass is 329 g/mol. The predicted molar refractivity (Wildman–Crippen MR) is 86.0 cm³/mol. The number of carboxylic acids is 1. The molecule has 24 heavy (non-hydrogen) atoms. The second-order valence-corrected chi connectivity index (χ2v) is 8.75. The average Bonchev–Trinajstić information content (AvgIpc) is 3.16. The molecule has 6 rings (SSSR count). The summed E-state index contributed by atoms with van der Waals surface area (Å²) >= 11 is 0. The van der Waals surface area contributed by atoms with Crippen molar-refractivity contribution in [3.05, 3.63) is 23.8 Å². The lowest BCUT2D eigenvalue weighted by molar-refractivity contribution is -0.148. The highest BCUT2D eigenvalue weighted by Gasteiger charge is 2.67. The number of allylic oxidation sites excluding steroid dienone is 1. The van der Waals surface area contributed by atoms with Crippen LogP contribution in [-0.2, 0) is 14.3 Å². The fourth-order valence-electron chi connectivity index (χ4n) is 5.87. The van der Waals surface area contributed by atoms with Crippen molar-refractivity contribution in [2.75, 3.05) is 13.1 Å². The number of carbonyl (C=O) groups excluding carboxylic acids is 1. The summed E-state index contributed by atoms with van der Waals surface area (Å²) in [4.78, 5) is 26.4. The molecule has 3 heterocycles. The topological polar surface area (TPSA) is 66.8 Å². The molecule has 1 saturated carbocycles. The largest absolute Gasteiger partial charge is 0.481 e.